The zero-order valence-electron chi connectivity index (χ0n) is 9.78. The van der Waals surface area contributed by atoms with Crippen LogP contribution in [-0.2, 0) is 0 Å². The molecule has 0 heterocycles. The van der Waals surface area contributed by atoms with Gasteiger partial charge in [-0.1, -0.05) is 35.9 Å². The first-order valence-electron chi connectivity index (χ1n) is 5.59. The first-order valence-corrected chi connectivity index (χ1v) is 5.59. The van der Waals surface area contributed by atoms with Crippen molar-refractivity contribution in [2.24, 2.45) is 0 Å². The van der Waals surface area contributed by atoms with Crippen LogP contribution < -0.4 is 0 Å². The van der Waals surface area contributed by atoms with Crippen LogP contribution in [0, 0.1) is 5.82 Å². The molecule has 2 aromatic rings. The van der Waals surface area contributed by atoms with Crippen LogP contribution in [0.3, 0.4) is 0 Å². The molecule has 0 spiro atoms. The molecule has 0 saturated carbocycles. The molecule has 0 bridgehead atoms. The van der Waals surface area contributed by atoms with Gasteiger partial charge in [0.15, 0.2) is 0 Å². The van der Waals surface area contributed by atoms with E-state index >= 15 is 0 Å². The molecule has 0 fully saturated rings. The van der Waals surface area contributed by atoms with E-state index in [0.29, 0.717) is 11.8 Å². The van der Waals surface area contributed by atoms with Crippen LogP contribution in [0.1, 0.15) is 25.0 Å². The van der Waals surface area contributed by atoms with E-state index in [1.165, 1.54) is 6.07 Å². The summed E-state index contributed by atoms with van der Waals surface area (Å²) >= 11 is 0. The molecule has 0 aliphatic carbocycles. The summed E-state index contributed by atoms with van der Waals surface area (Å²) in [7, 11) is 0. The molecule has 2 aromatic carbocycles. The normalized spacial score (nSPS) is 12.6. The minimum Gasteiger partial charge on any atom is -0.388 e. The molecule has 0 aromatic heterocycles. The van der Waals surface area contributed by atoms with Crippen LogP contribution >= 0.6 is 0 Å². The molecule has 0 radical (unpaired) electrons. The van der Waals surface area contributed by atoms with Gasteiger partial charge in [-0.2, -0.15) is 0 Å². The lowest BCUT2D eigenvalue weighted by atomic mass is 9.96. The second-order valence-corrected chi connectivity index (χ2v) is 4.36. The lowest BCUT2D eigenvalue weighted by molar-refractivity contribution is 0.180. The van der Waals surface area contributed by atoms with Gasteiger partial charge in [0, 0.05) is 5.39 Å². The fraction of sp³-hybridized carbons (Fsp3) is 0.200. The van der Waals surface area contributed by atoms with E-state index in [1.54, 1.807) is 18.2 Å². The van der Waals surface area contributed by atoms with Crippen LogP contribution in [0.15, 0.2) is 48.6 Å². The number of benzene rings is 2. The highest BCUT2D eigenvalue weighted by molar-refractivity contribution is 5.86. The van der Waals surface area contributed by atoms with Gasteiger partial charge < -0.3 is 5.11 Å². The Morgan fingerprint density at radius 3 is 2.53 bits per heavy atom. The molecule has 2 heteroatoms. The molecule has 2 rings (SSSR count). The predicted molar refractivity (Wildman–Crippen MR) is 68.3 cm³/mol. The van der Waals surface area contributed by atoms with Crippen molar-refractivity contribution in [3.8, 4) is 0 Å². The zero-order valence-corrected chi connectivity index (χ0v) is 9.78. The van der Waals surface area contributed by atoms with Gasteiger partial charge in [-0.05, 0) is 30.4 Å². The summed E-state index contributed by atoms with van der Waals surface area (Å²) in [6.45, 7) is 5.65. The fourth-order valence-electron chi connectivity index (χ4n) is 2.02. The number of halogens is 1. The smallest absolute Gasteiger partial charge is 0.131 e. The fourth-order valence-corrected chi connectivity index (χ4v) is 2.02. The number of hydrogen-bond donors (Lipinski definition) is 1. The number of fused-ring (bicyclic) bond motifs is 1. The van der Waals surface area contributed by atoms with Gasteiger partial charge in [0.25, 0.3) is 0 Å². The molecular formula is C15H15FO. The second kappa shape index (κ2) is 4.68. The molecule has 1 atom stereocenters. The predicted octanol–water partition coefficient (Wildman–Crippen LogP) is 3.98. The van der Waals surface area contributed by atoms with Gasteiger partial charge in [0.05, 0.1) is 6.10 Å². The molecule has 1 N–H and O–H groups in total. The summed E-state index contributed by atoms with van der Waals surface area (Å²) in [5.41, 5.74) is 1.66. The number of hydrogen-bond acceptors (Lipinski definition) is 1. The maximum atomic E-state index is 13.6. The van der Waals surface area contributed by atoms with Crippen molar-refractivity contribution in [2.45, 2.75) is 19.4 Å². The third-order valence-corrected chi connectivity index (χ3v) is 2.81. The molecular weight excluding hydrogens is 215 g/mol. The molecule has 0 aliphatic rings. The van der Waals surface area contributed by atoms with E-state index in [4.69, 9.17) is 0 Å². The van der Waals surface area contributed by atoms with E-state index in [2.05, 4.69) is 6.58 Å². The van der Waals surface area contributed by atoms with Crippen molar-refractivity contribution >= 4 is 10.8 Å². The van der Waals surface area contributed by atoms with E-state index in [0.717, 1.165) is 16.5 Å². The van der Waals surface area contributed by atoms with E-state index < -0.39 is 6.10 Å². The van der Waals surface area contributed by atoms with Crippen LogP contribution in [0.2, 0.25) is 0 Å². The van der Waals surface area contributed by atoms with Crippen molar-refractivity contribution in [3.63, 3.8) is 0 Å². The molecule has 88 valence electrons. The molecule has 1 unspecified atom stereocenters. The first kappa shape index (κ1) is 11.8. The average molecular weight is 230 g/mol. The highest BCUT2D eigenvalue weighted by Gasteiger charge is 2.12. The Morgan fingerprint density at radius 1 is 1.24 bits per heavy atom. The molecule has 1 nitrogen and oxygen atoms in total. The van der Waals surface area contributed by atoms with E-state index in [1.807, 2.05) is 19.1 Å². The van der Waals surface area contributed by atoms with Gasteiger partial charge in [-0.25, -0.2) is 4.39 Å². The van der Waals surface area contributed by atoms with Gasteiger partial charge in [-0.3, -0.25) is 0 Å². The van der Waals surface area contributed by atoms with Crippen LogP contribution in [0.5, 0.6) is 0 Å². The number of aliphatic hydroxyl groups is 1. The SMILES string of the molecule is C=C(C)CC(O)c1ccc(F)c2ccccc12. The largest absolute Gasteiger partial charge is 0.388 e. The molecule has 0 amide bonds. The highest BCUT2D eigenvalue weighted by Crippen LogP contribution is 2.29. The second-order valence-electron chi connectivity index (χ2n) is 4.36. The van der Waals surface area contributed by atoms with Crippen molar-refractivity contribution in [1.82, 2.24) is 0 Å². The van der Waals surface area contributed by atoms with Crippen LogP contribution in [-0.4, -0.2) is 5.11 Å². The van der Waals surface area contributed by atoms with Crippen LogP contribution in [0.4, 0.5) is 4.39 Å². The summed E-state index contributed by atoms with van der Waals surface area (Å²) < 4.78 is 13.6. The Morgan fingerprint density at radius 2 is 1.88 bits per heavy atom. The van der Waals surface area contributed by atoms with E-state index in [-0.39, 0.29) is 5.82 Å². The Balaban J connectivity index is 2.55. The summed E-state index contributed by atoms with van der Waals surface area (Å²) in [6, 6.07) is 10.2. The maximum Gasteiger partial charge on any atom is 0.131 e. The van der Waals surface area contributed by atoms with Gasteiger partial charge in [0.2, 0.25) is 0 Å². The Bertz CT molecular complexity index is 560. The summed E-state index contributed by atoms with van der Waals surface area (Å²) in [5, 5.41) is 11.4. The lowest BCUT2D eigenvalue weighted by Gasteiger charge is -2.14. The Hall–Kier alpha value is -1.67. The van der Waals surface area contributed by atoms with Crippen molar-refractivity contribution in [2.75, 3.05) is 0 Å². The topological polar surface area (TPSA) is 20.2 Å². The minimum atomic E-state index is -0.627. The highest BCUT2D eigenvalue weighted by atomic mass is 19.1. The third-order valence-electron chi connectivity index (χ3n) is 2.81. The first-order chi connectivity index (χ1) is 8.09. The third kappa shape index (κ3) is 2.37. The van der Waals surface area contributed by atoms with Crippen molar-refractivity contribution in [1.29, 1.82) is 0 Å². The Labute approximate surface area is 100 Å². The van der Waals surface area contributed by atoms with Gasteiger partial charge in [-0.15, -0.1) is 6.58 Å². The minimum absolute atomic E-state index is 0.258. The summed E-state index contributed by atoms with van der Waals surface area (Å²) in [5.74, 6) is -0.258. The number of aliphatic hydroxyl groups excluding tert-OH is 1. The van der Waals surface area contributed by atoms with Gasteiger partial charge >= 0.3 is 0 Å². The van der Waals surface area contributed by atoms with Crippen molar-refractivity contribution < 1.29 is 9.50 Å². The molecule has 0 aliphatic heterocycles. The van der Waals surface area contributed by atoms with Crippen molar-refractivity contribution in [3.05, 3.63) is 59.9 Å². The van der Waals surface area contributed by atoms with Crippen LogP contribution in [0.25, 0.3) is 10.8 Å². The quantitative estimate of drug-likeness (QED) is 0.791. The maximum absolute atomic E-state index is 13.6. The monoisotopic (exact) mass is 230 g/mol. The molecule has 0 saturated heterocycles. The Kier molecular flexibility index (Phi) is 3.25. The van der Waals surface area contributed by atoms with E-state index in [9.17, 15) is 9.50 Å². The van der Waals surface area contributed by atoms with Gasteiger partial charge in [0.1, 0.15) is 5.82 Å². The number of rotatable bonds is 3. The standard InChI is InChI=1S/C15H15FO/c1-10(2)9-15(17)13-7-8-14(16)12-6-4-3-5-11(12)13/h3-8,15,17H,1,9H2,2H3. The lowest BCUT2D eigenvalue weighted by Crippen LogP contribution is -1.99. The summed E-state index contributed by atoms with van der Waals surface area (Å²) in [6.07, 6.45) is -0.131. The summed E-state index contributed by atoms with van der Waals surface area (Å²) in [4.78, 5) is 0. The average Bonchev–Trinajstić information content (AvgIpc) is 2.29. The zero-order chi connectivity index (χ0) is 12.4. The molecule has 17 heavy (non-hydrogen) atoms.